The van der Waals surface area contributed by atoms with Gasteiger partial charge in [-0.05, 0) is 37.8 Å². The van der Waals surface area contributed by atoms with Crippen LogP contribution in [0.25, 0.3) is 0 Å². The smallest absolute Gasteiger partial charge is 0.276 e. The molecule has 0 atom stereocenters. The third-order valence-electron chi connectivity index (χ3n) is 4.00. The summed E-state index contributed by atoms with van der Waals surface area (Å²) in [6.07, 6.45) is 5.42. The zero-order valence-corrected chi connectivity index (χ0v) is 11.9. The maximum absolute atomic E-state index is 12.3. The molecule has 2 saturated carbocycles. The topological polar surface area (TPSA) is 62.6 Å². The van der Waals surface area contributed by atoms with Crippen molar-refractivity contribution in [2.75, 3.05) is 7.05 Å². The summed E-state index contributed by atoms with van der Waals surface area (Å²) in [4.78, 5) is 0. The molecule has 0 aliphatic heterocycles. The number of furan rings is 1. The van der Waals surface area contributed by atoms with Crippen LogP contribution in [0.2, 0.25) is 0 Å². The molecule has 2 aliphatic rings. The van der Waals surface area contributed by atoms with Crippen LogP contribution in [0.1, 0.15) is 37.9 Å². The predicted molar refractivity (Wildman–Crippen MR) is 71.2 cm³/mol. The van der Waals surface area contributed by atoms with Gasteiger partial charge in [0.25, 0.3) is 10.0 Å². The number of nitrogens with zero attached hydrogens (tertiary/aromatic N) is 1. The Balaban J connectivity index is 1.69. The van der Waals surface area contributed by atoms with Crippen molar-refractivity contribution in [2.24, 2.45) is 0 Å². The minimum absolute atomic E-state index is 0.0643. The van der Waals surface area contributed by atoms with Crippen LogP contribution in [0, 0.1) is 0 Å². The van der Waals surface area contributed by atoms with E-state index in [0.717, 1.165) is 19.3 Å². The molecule has 5 nitrogen and oxygen atoms in total. The van der Waals surface area contributed by atoms with Crippen molar-refractivity contribution in [3.63, 3.8) is 0 Å². The van der Waals surface area contributed by atoms with E-state index < -0.39 is 10.0 Å². The second-order valence-corrected chi connectivity index (χ2v) is 7.41. The lowest BCUT2D eigenvalue weighted by Crippen LogP contribution is -2.41. The zero-order chi connectivity index (χ0) is 13.5. The van der Waals surface area contributed by atoms with Crippen LogP contribution in [-0.2, 0) is 16.6 Å². The van der Waals surface area contributed by atoms with Crippen LogP contribution in [0.3, 0.4) is 0 Å². The molecule has 0 saturated heterocycles. The Hall–Kier alpha value is -0.850. The molecule has 106 valence electrons. The Morgan fingerprint density at radius 2 is 2.05 bits per heavy atom. The predicted octanol–water partition coefficient (Wildman–Crippen LogP) is 1.70. The van der Waals surface area contributed by atoms with Gasteiger partial charge in [-0.1, -0.05) is 6.42 Å². The fraction of sp³-hybridized carbons (Fsp3) is 0.692. The van der Waals surface area contributed by atoms with Gasteiger partial charge in [0.1, 0.15) is 5.76 Å². The number of sulfonamides is 1. The number of rotatable bonds is 6. The molecule has 0 unspecified atom stereocenters. The van der Waals surface area contributed by atoms with Crippen LogP contribution < -0.4 is 5.32 Å². The lowest BCUT2D eigenvalue weighted by atomic mass is 9.94. The van der Waals surface area contributed by atoms with Crippen molar-refractivity contribution in [3.05, 3.63) is 17.9 Å². The Morgan fingerprint density at radius 1 is 1.32 bits per heavy atom. The van der Waals surface area contributed by atoms with Gasteiger partial charge in [-0.25, -0.2) is 8.42 Å². The van der Waals surface area contributed by atoms with E-state index in [-0.39, 0.29) is 11.1 Å². The van der Waals surface area contributed by atoms with Crippen molar-refractivity contribution < 1.29 is 12.8 Å². The molecule has 19 heavy (non-hydrogen) atoms. The Bertz CT molecular complexity index is 544. The van der Waals surface area contributed by atoms with Gasteiger partial charge in [0, 0.05) is 19.1 Å². The summed E-state index contributed by atoms with van der Waals surface area (Å²) in [6.45, 7) is 0.604. The number of hydrogen-bond acceptors (Lipinski definition) is 4. The first-order valence-corrected chi connectivity index (χ1v) is 8.31. The van der Waals surface area contributed by atoms with Crippen LogP contribution in [-0.4, -0.2) is 31.9 Å². The van der Waals surface area contributed by atoms with Crippen molar-refractivity contribution in [3.8, 4) is 0 Å². The molecule has 0 aromatic carbocycles. The summed E-state index contributed by atoms with van der Waals surface area (Å²) in [5.41, 5.74) is 0. The third kappa shape index (κ3) is 2.70. The largest absolute Gasteiger partial charge is 0.447 e. The van der Waals surface area contributed by atoms with Gasteiger partial charge in [-0.15, -0.1) is 0 Å². The lowest BCUT2D eigenvalue weighted by Gasteiger charge is -2.32. The summed E-state index contributed by atoms with van der Waals surface area (Å²) in [5.74, 6) is 0.687. The summed E-state index contributed by atoms with van der Waals surface area (Å²) in [5, 5.41) is 3.37. The molecule has 1 heterocycles. The molecule has 0 amide bonds. The summed E-state index contributed by atoms with van der Waals surface area (Å²) in [6, 6.07) is 4.04. The highest BCUT2D eigenvalue weighted by Gasteiger charge is 2.33. The standard InChI is InChI=1S/C13H20N2O3S/c1-15(11-3-2-4-11)19(16,17)13-8-7-12(18-13)9-14-10-5-6-10/h7-8,10-11,14H,2-6,9H2,1H3. The van der Waals surface area contributed by atoms with Crippen molar-refractivity contribution in [2.45, 2.75) is 55.8 Å². The van der Waals surface area contributed by atoms with Crippen LogP contribution >= 0.6 is 0 Å². The first kappa shape index (κ1) is 13.1. The van der Waals surface area contributed by atoms with Gasteiger partial charge in [-0.2, -0.15) is 4.31 Å². The van der Waals surface area contributed by atoms with E-state index in [1.54, 1.807) is 19.2 Å². The van der Waals surface area contributed by atoms with E-state index in [2.05, 4.69) is 5.32 Å². The fourth-order valence-electron chi connectivity index (χ4n) is 2.21. The molecule has 1 aromatic heterocycles. The Kier molecular flexibility index (Phi) is 3.41. The number of hydrogen-bond donors (Lipinski definition) is 1. The van der Waals surface area contributed by atoms with Gasteiger partial charge in [0.15, 0.2) is 0 Å². The summed E-state index contributed by atoms with van der Waals surface area (Å²) < 4.78 is 31.6. The van der Waals surface area contributed by atoms with Gasteiger partial charge in [-0.3, -0.25) is 0 Å². The van der Waals surface area contributed by atoms with E-state index in [0.29, 0.717) is 18.3 Å². The molecule has 0 bridgehead atoms. The minimum atomic E-state index is -3.46. The monoisotopic (exact) mass is 284 g/mol. The van der Waals surface area contributed by atoms with Crippen molar-refractivity contribution in [1.29, 1.82) is 0 Å². The quantitative estimate of drug-likeness (QED) is 0.863. The van der Waals surface area contributed by atoms with E-state index in [1.807, 2.05) is 0 Å². The second-order valence-electron chi connectivity index (χ2n) is 5.48. The van der Waals surface area contributed by atoms with Gasteiger partial charge >= 0.3 is 0 Å². The Labute approximate surface area is 114 Å². The van der Waals surface area contributed by atoms with Gasteiger partial charge in [0.2, 0.25) is 5.09 Å². The van der Waals surface area contributed by atoms with E-state index >= 15 is 0 Å². The van der Waals surface area contributed by atoms with Crippen molar-refractivity contribution in [1.82, 2.24) is 9.62 Å². The molecular weight excluding hydrogens is 264 g/mol. The highest BCUT2D eigenvalue weighted by Crippen LogP contribution is 2.29. The average Bonchev–Trinajstić information content (AvgIpc) is 3.01. The highest BCUT2D eigenvalue weighted by atomic mass is 32.2. The van der Waals surface area contributed by atoms with Crippen LogP contribution in [0.4, 0.5) is 0 Å². The molecule has 6 heteroatoms. The van der Waals surface area contributed by atoms with E-state index in [9.17, 15) is 8.42 Å². The van der Waals surface area contributed by atoms with Gasteiger partial charge < -0.3 is 9.73 Å². The van der Waals surface area contributed by atoms with Crippen LogP contribution in [0.15, 0.2) is 21.6 Å². The highest BCUT2D eigenvalue weighted by molar-refractivity contribution is 7.89. The molecule has 1 aromatic rings. The lowest BCUT2D eigenvalue weighted by molar-refractivity contribution is 0.244. The first-order chi connectivity index (χ1) is 9.07. The molecule has 1 N–H and O–H groups in total. The van der Waals surface area contributed by atoms with E-state index in [4.69, 9.17) is 4.42 Å². The first-order valence-electron chi connectivity index (χ1n) is 6.87. The molecule has 3 rings (SSSR count). The SMILES string of the molecule is CN(C1CCC1)S(=O)(=O)c1ccc(CNC2CC2)o1. The average molecular weight is 284 g/mol. The van der Waals surface area contributed by atoms with Crippen molar-refractivity contribution >= 4 is 10.0 Å². The molecule has 2 aliphatic carbocycles. The number of nitrogens with one attached hydrogen (secondary N) is 1. The molecular formula is C13H20N2O3S. The van der Waals surface area contributed by atoms with Crippen LogP contribution in [0.5, 0.6) is 0 Å². The summed E-state index contributed by atoms with van der Waals surface area (Å²) >= 11 is 0. The second kappa shape index (κ2) is 4.92. The zero-order valence-electron chi connectivity index (χ0n) is 11.1. The maximum Gasteiger partial charge on any atom is 0.276 e. The fourth-order valence-corrected chi connectivity index (χ4v) is 3.55. The summed E-state index contributed by atoms with van der Waals surface area (Å²) in [7, 11) is -1.82. The third-order valence-corrected chi connectivity index (χ3v) is 5.79. The normalized spacial score (nSPS) is 20.7. The van der Waals surface area contributed by atoms with Gasteiger partial charge in [0.05, 0.1) is 6.54 Å². The van der Waals surface area contributed by atoms with E-state index in [1.165, 1.54) is 17.1 Å². The molecule has 2 fully saturated rings. The maximum atomic E-state index is 12.3. The molecule has 0 spiro atoms. The minimum Gasteiger partial charge on any atom is -0.447 e. The molecule has 0 radical (unpaired) electrons. The Morgan fingerprint density at radius 3 is 2.63 bits per heavy atom.